The van der Waals surface area contributed by atoms with Gasteiger partial charge in [0.15, 0.2) is 0 Å². The number of ether oxygens (including phenoxy) is 2. The number of nitrogens with one attached hydrogen (secondary N) is 2. The van der Waals surface area contributed by atoms with Crippen molar-refractivity contribution in [3.05, 3.63) is 35.9 Å². The minimum atomic E-state index is -0.738. The van der Waals surface area contributed by atoms with E-state index in [4.69, 9.17) is 9.47 Å². The van der Waals surface area contributed by atoms with Gasteiger partial charge in [-0.3, -0.25) is 24.1 Å². The first kappa shape index (κ1) is 42.1. The minimum Gasteiger partial charge on any atom is -0.379 e. The largest absolute Gasteiger partial charge is 0.379 e. The molecule has 49 heavy (non-hydrogen) atoms. The maximum absolute atomic E-state index is 14.2. The van der Waals surface area contributed by atoms with E-state index in [1.807, 2.05) is 88.8 Å². The van der Waals surface area contributed by atoms with Crippen molar-refractivity contribution in [1.82, 2.24) is 25.3 Å². The van der Waals surface area contributed by atoms with Gasteiger partial charge in [0, 0.05) is 34.4 Å². The molecule has 0 spiro atoms. The summed E-state index contributed by atoms with van der Waals surface area (Å²) in [4.78, 5) is 60.2. The highest BCUT2D eigenvalue weighted by molar-refractivity contribution is 5.90. The average Bonchev–Trinajstić information content (AvgIpc) is 3.55. The summed E-state index contributed by atoms with van der Waals surface area (Å²) in [6, 6.07) is 7.95. The smallest absolute Gasteiger partial charge is 0.245 e. The zero-order valence-electron chi connectivity index (χ0n) is 32.2. The van der Waals surface area contributed by atoms with Crippen LogP contribution in [-0.4, -0.2) is 117 Å². The van der Waals surface area contributed by atoms with Gasteiger partial charge >= 0.3 is 0 Å². The van der Waals surface area contributed by atoms with Gasteiger partial charge in [-0.1, -0.05) is 85.2 Å². The Bertz CT molecular complexity index is 1190. The fraction of sp³-hybridized carbons (Fsp3) is 0.737. The molecule has 8 atom stereocenters. The van der Waals surface area contributed by atoms with Crippen LogP contribution in [0.4, 0.5) is 0 Å². The molecule has 0 bridgehead atoms. The Morgan fingerprint density at radius 1 is 0.918 bits per heavy atom. The standard InChI is InChI=1S/C38H65N5O6/c1-13-26(6)34(42(10)38(47)32(24(2)3)40-37(46)33(25(4)5)41(8)9)30(48-11)22-31(44)43-21-17-20-29(43)35(49-12)27(7)36(45)39-23-28-18-15-14-16-19-28/h14-16,18-19,24-27,29-30,32-35H,13,17,20-23H2,1-12H3,(H,39,45)(H,40,46)/t26-,27+,29-,30+,32-,33-,34-,35+/m0/s1. The Morgan fingerprint density at radius 2 is 1.55 bits per heavy atom. The zero-order chi connectivity index (χ0) is 37.0. The highest BCUT2D eigenvalue weighted by atomic mass is 16.5. The fourth-order valence-corrected chi connectivity index (χ4v) is 7.36. The molecule has 278 valence electrons. The van der Waals surface area contributed by atoms with Crippen LogP contribution in [0, 0.1) is 23.7 Å². The van der Waals surface area contributed by atoms with Crippen molar-refractivity contribution in [2.75, 3.05) is 41.9 Å². The van der Waals surface area contributed by atoms with E-state index in [0.717, 1.165) is 24.8 Å². The maximum atomic E-state index is 14.2. The highest BCUT2D eigenvalue weighted by Gasteiger charge is 2.43. The Kier molecular flexibility index (Phi) is 17.2. The predicted molar refractivity (Wildman–Crippen MR) is 193 cm³/mol. The van der Waals surface area contributed by atoms with Crippen LogP contribution in [0.3, 0.4) is 0 Å². The monoisotopic (exact) mass is 687 g/mol. The van der Waals surface area contributed by atoms with Crippen LogP contribution in [0.5, 0.6) is 0 Å². The first-order chi connectivity index (χ1) is 23.1. The Morgan fingerprint density at radius 3 is 2.06 bits per heavy atom. The van der Waals surface area contributed by atoms with Gasteiger partial charge in [0.2, 0.25) is 23.6 Å². The molecule has 11 heteroatoms. The number of likely N-dealkylation sites (N-methyl/N-ethyl adjacent to an activating group) is 2. The second-order valence-electron chi connectivity index (χ2n) is 14.7. The van der Waals surface area contributed by atoms with Gasteiger partial charge in [-0.15, -0.1) is 0 Å². The van der Waals surface area contributed by atoms with Crippen LogP contribution in [-0.2, 0) is 35.2 Å². The number of hydrogen-bond donors (Lipinski definition) is 2. The minimum absolute atomic E-state index is 0.00910. The highest BCUT2D eigenvalue weighted by Crippen LogP contribution is 2.29. The van der Waals surface area contributed by atoms with Crippen molar-refractivity contribution < 1.29 is 28.7 Å². The van der Waals surface area contributed by atoms with Gasteiger partial charge < -0.3 is 29.9 Å². The molecular weight excluding hydrogens is 622 g/mol. The van der Waals surface area contributed by atoms with E-state index in [1.165, 1.54) is 0 Å². The zero-order valence-corrected chi connectivity index (χ0v) is 32.2. The first-order valence-electron chi connectivity index (χ1n) is 18.0. The van der Waals surface area contributed by atoms with Gasteiger partial charge in [-0.25, -0.2) is 0 Å². The third-order valence-corrected chi connectivity index (χ3v) is 10.3. The summed E-state index contributed by atoms with van der Waals surface area (Å²) in [6.07, 6.45) is 1.30. The van der Waals surface area contributed by atoms with Crippen molar-refractivity contribution in [2.45, 2.75) is 117 Å². The lowest BCUT2D eigenvalue weighted by Gasteiger charge is -2.41. The Balaban J connectivity index is 2.24. The lowest BCUT2D eigenvalue weighted by Crippen LogP contribution is -2.59. The van der Waals surface area contributed by atoms with E-state index < -0.39 is 30.2 Å². The summed E-state index contributed by atoms with van der Waals surface area (Å²) in [5.41, 5.74) is 1.01. The van der Waals surface area contributed by atoms with Crippen molar-refractivity contribution in [1.29, 1.82) is 0 Å². The SMILES string of the molecule is CC[C@H](C)[C@@H]([C@@H](CC(=O)N1CCC[C@H]1[C@H](OC)[C@@H](C)C(=O)NCc1ccccc1)OC)N(C)C(=O)[C@@H](NC(=O)[C@H](C(C)C)N(C)C)C(C)C. The van der Waals surface area contributed by atoms with E-state index >= 15 is 0 Å². The molecule has 2 rings (SSSR count). The summed E-state index contributed by atoms with van der Waals surface area (Å²) in [6.45, 7) is 14.8. The molecule has 0 unspecified atom stereocenters. The predicted octanol–water partition coefficient (Wildman–Crippen LogP) is 3.95. The normalized spacial score (nSPS) is 19.2. The lowest BCUT2D eigenvalue weighted by atomic mass is 9.89. The quantitative estimate of drug-likeness (QED) is 0.226. The summed E-state index contributed by atoms with van der Waals surface area (Å²) in [7, 11) is 8.65. The van der Waals surface area contributed by atoms with E-state index in [2.05, 4.69) is 24.5 Å². The average molecular weight is 688 g/mol. The van der Waals surface area contributed by atoms with Gasteiger partial charge in [0.05, 0.1) is 42.7 Å². The number of rotatable bonds is 19. The van der Waals surface area contributed by atoms with Gasteiger partial charge in [0.25, 0.3) is 0 Å². The van der Waals surface area contributed by atoms with Crippen molar-refractivity contribution in [2.24, 2.45) is 23.7 Å². The van der Waals surface area contributed by atoms with E-state index in [1.54, 1.807) is 26.2 Å². The second kappa shape index (κ2) is 20.0. The van der Waals surface area contributed by atoms with Crippen LogP contribution in [0.15, 0.2) is 30.3 Å². The fourth-order valence-electron chi connectivity index (χ4n) is 7.36. The van der Waals surface area contributed by atoms with Crippen LogP contribution in [0.1, 0.15) is 79.7 Å². The number of carbonyl (C=O) groups excluding carboxylic acids is 4. The molecular formula is C38H65N5O6. The molecule has 0 aliphatic carbocycles. The second-order valence-corrected chi connectivity index (χ2v) is 14.7. The molecule has 4 amide bonds. The van der Waals surface area contributed by atoms with Crippen LogP contribution in [0.25, 0.3) is 0 Å². The molecule has 1 aliphatic rings. The molecule has 11 nitrogen and oxygen atoms in total. The Labute approximate surface area is 295 Å². The number of benzene rings is 1. The molecule has 1 aromatic rings. The summed E-state index contributed by atoms with van der Waals surface area (Å²) in [5, 5.41) is 6.06. The summed E-state index contributed by atoms with van der Waals surface area (Å²) in [5.74, 6) is -1.18. The maximum Gasteiger partial charge on any atom is 0.245 e. The third-order valence-electron chi connectivity index (χ3n) is 10.3. The van der Waals surface area contributed by atoms with E-state index in [-0.39, 0.29) is 59.9 Å². The van der Waals surface area contributed by atoms with Gasteiger partial charge in [-0.2, -0.15) is 0 Å². The molecule has 1 fully saturated rings. The molecule has 2 N–H and O–H groups in total. The lowest BCUT2D eigenvalue weighted by molar-refractivity contribution is -0.148. The first-order valence-corrected chi connectivity index (χ1v) is 18.0. The third kappa shape index (κ3) is 11.2. The van der Waals surface area contributed by atoms with E-state index in [9.17, 15) is 19.2 Å². The summed E-state index contributed by atoms with van der Waals surface area (Å²) < 4.78 is 11.9. The molecule has 1 heterocycles. The number of carbonyl (C=O) groups is 4. The molecule has 0 aromatic heterocycles. The topological polar surface area (TPSA) is 121 Å². The van der Waals surface area contributed by atoms with E-state index in [0.29, 0.717) is 13.1 Å². The van der Waals surface area contributed by atoms with Crippen LogP contribution in [0.2, 0.25) is 0 Å². The molecule has 1 aromatic carbocycles. The molecule has 0 saturated carbocycles. The van der Waals surface area contributed by atoms with Crippen molar-refractivity contribution >= 4 is 23.6 Å². The molecule has 0 radical (unpaired) electrons. The van der Waals surface area contributed by atoms with Gasteiger partial charge in [0.1, 0.15) is 6.04 Å². The number of hydrogen-bond acceptors (Lipinski definition) is 7. The number of amides is 4. The van der Waals surface area contributed by atoms with Crippen LogP contribution < -0.4 is 10.6 Å². The van der Waals surface area contributed by atoms with Crippen molar-refractivity contribution in [3.8, 4) is 0 Å². The number of methoxy groups -OCH3 is 2. The number of likely N-dealkylation sites (tertiary alicyclic amines) is 1. The molecule has 1 saturated heterocycles. The number of nitrogens with zero attached hydrogens (tertiary/aromatic N) is 3. The summed E-state index contributed by atoms with van der Waals surface area (Å²) >= 11 is 0. The van der Waals surface area contributed by atoms with Gasteiger partial charge in [-0.05, 0) is 50.3 Å². The Hall–Kier alpha value is -3.02. The molecule has 1 aliphatic heterocycles. The van der Waals surface area contributed by atoms with Crippen molar-refractivity contribution in [3.63, 3.8) is 0 Å². The van der Waals surface area contributed by atoms with Crippen LogP contribution >= 0.6 is 0 Å².